The zero-order chi connectivity index (χ0) is 27.4. The summed E-state index contributed by atoms with van der Waals surface area (Å²) < 4.78 is 8.35. The third kappa shape index (κ3) is 6.53. The van der Waals surface area contributed by atoms with Gasteiger partial charge in [-0.15, -0.1) is 0 Å². The Balaban J connectivity index is 1.53. The molecule has 0 aromatic carbocycles. The van der Waals surface area contributed by atoms with Crippen molar-refractivity contribution in [1.29, 1.82) is 0 Å². The van der Waals surface area contributed by atoms with Crippen molar-refractivity contribution in [1.82, 2.24) is 19.5 Å². The van der Waals surface area contributed by atoms with E-state index >= 15 is 0 Å². The van der Waals surface area contributed by atoms with E-state index in [1.165, 1.54) is 12.4 Å². The smallest absolute Gasteiger partial charge is 0.230 e. The minimum atomic E-state index is -1.38. The Morgan fingerprint density at radius 3 is 2.63 bits per heavy atom. The highest BCUT2D eigenvalue weighted by Crippen LogP contribution is 2.30. The van der Waals surface area contributed by atoms with Crippen LogP contribution in [0.15, 0.2) is 61.3 Å². The molecule has 4 aromatic heterocycles. The lowest BCUT2D eigenvalue weighted by Gasteiger charge is -2.27. The van der Waals surface area contributed by atoms with Gasteiger partial charge in [0.15, 0.2) is 9.04 Å². The zero-order valence-electron chi connectivity index (χ0n) is 22.2. The van der Waals surface area contributed by atoms with E-state index in [1.54, 1.807) is 36.7 Å². The van der Waals surface area contributed by atoms with E-state index in [2.05, 4.69) is 59.1 Å². The van der Waals surface area contributed by atoms with Crippen LogP contribution in [0, 0.1) is 0 Å². The summed E-state index contributed by atoms with van der Waals surface area (Å²) in [5.74, 6) is -0.505. The Morgan fingerprint density at radius 2 is 1.92 bits per heavy atom. The maximum atomic E-state index is 13.6. The molecule has 0 aliphatic heterocycles. The van der Waals surface area contributed by atoms with Crippen molar-refractivity contribution in [3.8, 4) is 0 Å². The lowest BCUT2D eigenvalue weighted by molar-refractivity contribution is -0.115. The second-order valence-corrected chi connectivity index (χ2v) is 14.3. The number of hydrogen-bond donors (Lipinski definition) is 1. The molecule has 0 aliphatic carbocycles. The molecule has 1 N–H and O–H groups in total. The first kappa shape index (κ1) is 27.6. The van der Waals surface area contributed by atoms with Crippen molar-refractivity contribution in [2.45, 2.75) is 51.7 Å². The van der Waals surface area contributed by atoms with Gasteiger partial charge in [0.2, 0.25) is 11.7 Å². The Hall–Kier alpha value is -3.40. The number of carbonyl (C=O) groups is 2. The molecule has 0 radical (unpaired) electrons. The summed E-state index contributed by atoms with van der Waals surface area (Å²) in [6.45, 7) is 11.5. The van der Waals surface area contributed by atoms with Gasteiger partial charge < -0.3 is 14.3 Å². The van der Waals surface area contributed by atoms with Gasteiger partial charge >= 0.3 is 0 Å². The fraction of sp³-hybridized carbons (Fsp3) is 0.321. The molecular weight excluding hydrogens is 518 g/mol. The average Bonchev–Trinajstić information content (AvgIpc) is 3.27. The van der Waals surface area contributed by atoms with Crippen LogP contribution in [-0.4, -0.2) is 46.9 Å². The number of nitrogens with one attached hydrogen (secondary N) is 1. The van der Waals surface area contributed by atoms with Crippen LogP contribution in [0.2, 0.25) is 16.6 Å². The van der Waals surface area contributed by atoms with E-state index in [0.717, 1.165) is 10.9 Å². The molecule has 0 bridgehead atoms. The molecule has 38 heavy (non-hydrogen) atoms. The van der Waals surface area contributed by atoms with Gasteiger partial charge in [0.05, 0.1) is 35.2 Å². The molecular formula is C28H32ClN5O3Si. The molecule has 0 fully saturated rings. The quantitative estimate of drug-likeness (QED) is 0.215. The van der Waals surface area contributed by atoms with Gasteiger partial charge in [0, 0.05) is 47.8 Å². The Kier molecular flexibility index (Phi) is 8.40. The number of amides is 1. The molecule has 4 heterocycles. The predicted molar refractivity (Wildman–Crippen MR) is 152 cm³/mol. The molecule has 0 saturated carbocycles. The third-order valence-electron chi connectivity index (χ3n) is 6.57. The van der Waals surface area contributed by atoms with Gasteiger partial charge in [-0.25, -0.2) is 0 Å². The van der Waals surface area contributed by atoms with Crippen LogP contribution in [0.3, 0.4) is 0 Å². The summed E-state index contributed by atoms with van der Waals surface area (Å²) in [6, 6.07) is 8.55. The van der Waals surface area contributed by atoms with Gasteiger partial charge in [0.1, 0.15) is 5.69 Å². The van der Waals surface area contributed by atoms with E-state index in [0.29, 0.717) is 28.6 Å². The number of anilines is 1. The summed E-state index contributed by atoms with van der Waals surface area (Å²) in [5.41, 5.74) is 2.71. The summed E-state index contributed by atoms with van der Waals surface area (Å²) in [4.78, 5) is 38.8. The van der Waals surface area contributed by atoms with E-state index in [-0.39, 0.29) is 34.9 Å². The van der Waals surface area contributed by atoms with E-state index < -0.39 is 9.04 Å². The number of fused-ring (bicyclic) bond motifs is 1. The Labute approximate surface area is 229 Å². The van der Waals surface area contributed by atoms with Crippen molar-refractivity contribution in [3.63, 3.8) is 0 Å². The molecule has 1 amide bonds. The highest BCUT2D eigenvalue weighted by molar-refractivity contribution is 6.53. The summed E-state index contributed by atoms with van der Waals surface area (Å²) in [7, 11) is -1.38. The van der Waals surface area contributed by atoms with Crippen molar-refractivity contribution >= 4 is 48.9 Å². The lowest BCUT2D eigenvalue weighted by Crippen LogP contribution is -2.28. The second-order valence-electron chi connectivity index (χ2n) is 10.5. The Bertz CT molecular complexity index is 1450. The van der Waals surface area contributed by atoms with Gasteiger partial charge in [-0.3, -0.25) is 24.5 Å². The van der Waals surface area contributed by atoms with E-state index in [4.69, 9.17) is 16.0 Å². The van der Waals surface area contributed by atoms with Gasteiger partial charge in [-0.05, 0) is 48.8 Å². The van der Waals surface area contributed by atoms with E-state index in [9.17, 15) is 9.59 Å². The molecule has 198 valence electrons. The van der Waals surface area contributed by atoms with Crippen LogP contribution in [0.1, 0.15) is 55.5 Å². The van der Waals surface area contributed by atoms with Crippen LogP contribution in [0.4, 0.5) is 5.69 Å². The molecule has 4 aromatic rings. The summed E-state index contributed by atoms with van der Waals surface area (Å²) >= 11 is 5.86. The van der Waals surface area contributed by atoms with Crippen molar-refractivity contribution in [3.05, 3.63) is 83.3 Å². The molecule has 0 aliphatic rings. The molecule has 2 unspecified atom stereocenters. The zero-order valence-corrected chi connectivity index (χ0v) is 24.1. The number of nitrogens with zero attached hydrogens (tertiary/aromatic N) is 4. The van der Waals surface area contributed by atoms with Crippen LogP contribution >= 0.6 is 11.6 Å². The van der Waals surface area contributed by atoms with Crippen molar-refractivity contribution in [2.75, 3.05) is 11.9 Å². The topological polar surface area (TPSA) is 99.0 Å². The van der Waals surface area contributed by atoms with E-state index in [1.807, 2.05) is 12.3 Å². The number of aromatic nitrogens is 4. The third-order valence-corrected chi connectivity index (χ3v) is 9.92. The van der Waals surface area contributed by atoms with Gasteiger partial charge in [-0.2, -0.15) is 0 Å². The standard InChI is InChI=1S/C28H32ClN5O3Si/c1-18(17-37-38(5)28(2,3)4)34-16-23(22-15-30-10-9-25(22)34)27(36)24-12-21(8-11-31-24)33-26(35)13-20-7-6-19(29)14-32-20/h6-12,14-16,18,38H,13,17H2,1-5H3,(H,31,33,35). The maximum absolute atomic E-state index is 13.6. The lowest BCUT2D eigenvalue weighted by atomic mass is 10.1. The minimum Gasteiger partial charge on any atom is -0.418 e. The monoisotopic (exact) mass is 549 g/mol. The fourth-order valence-electron chi connectivity index (χ4n) is 3.91. The van der Waals surface area contributed by atoms with Crippen molar-refractivity contribution in [2.24, 2.45) is 0 Å². The SMILES string of the molecule is CC(CO[SiH](C)C(C)(C)C)n1cc(C(=O)c2cc(NC(=O)Cc3ccc(Cl)cn3)ccn2)c2cnccc21. The van der Waals surface area contributed by atoms with Gasteiger partial charge in [0.25, 0.3) is 0 Å². The van der Waals surface area contributed by atoms with Gasteiger partial charge in [-0.1, -0.05) is 32.4 Å². The predicted octanol–water partition coefficient (Wildman–Crippen LogP) is 5.62. The first-order chi connectivity index (χ1) is 18.0. The normalized spacial score (nSPS) is 13.3. The average molecular weight is 550 g/mol. The second kappa shape index (κ2) is 11.5. The highest BCUT2D eigenvalue weighted by Gasteiger charge is 2.25. The molecule has 2 atom stereocenters. The Morgan fingerprint density at radius 1 is 1.13 bits per heavy atom. The summed E-state index contributed by atoms with van der Waals surface area (Å²) in [5, 5.41) is 4.24. The highest BCUT2D eigenvalue weighted by atomic mass is 35.5. The van der Waals surface area contributed by atoms with Crippen LogP contribution in [0.25, 0.3) is 10.9 Å². The fourth-order valence-corrected chi connectivity index (χ4v) is 5.09. The molecule has 8 nitrogen and oxygen atoms in total. The minimum absolute atomic E-state index is 0.0267. The van der Waals surface area contributed by atoms with Crippen LogP contribution in [0.5, 0.6) is 0 Å². The number of pyridine rings is 3. The molecule has 0 spiro atoms. The molecule has 0 saturated heterocycles. The number of carbonyl (C=O) groups excluding carboxylic acids is 2. The van der Waals surface area contributed by atoms with Crippen molar-refractivity contribution < 1.29 is 14.0 Å². The number of ketones is 1. The molecule has 4 rings (SSSR count). The molecule has 10 heteroatoms. The first-order valence-electron chi connectivity index (χ1n) is 12.5. The first-order valence-corrected chi connectivity index (χ1v) is 15.1. The number of rotatable bonds is 9. The van der Waals surface area contributed by atoms with Crippen LogP contribution < -0.4 is 5.32 Å². The number of hydrogen-bond acceptors (Lipinski definition) is 6. The largest absolute Gasteiger partial charge is 0.418 e. The van der Waals surface area contributed by atoms with Crippen LogP contribution in [-0.2, 0) is 15.6 Å². The number of halogens is 1. The summed E-state index contributed by atoms with van der Waals surface area (Å²) in [6.07, 6.45) is 8.36. The maximum Gasteiger partial charge on any atom is 0.230 e.